The first-order chi connectivity index (χ1) is 4.79. The topological polar surface area (TPSA) is 29.1 Å². The van der Waals surface area contributed by atoms with Gasteiger partial charge in [-0.15, -0.1) is 0 Å². The minimum atomic E-state index is -1.22. The molecule has 1 aliphatic carbocycles. The van der Waals surface area contributed by atoms with Crippen molar-refractivity contribution in [2.75, 3.05) is 6.54 Å². The van der Waals surface area contributed by atoms with Gasteiger partial charge in [0.05, 0.1) is 0 Å². The molecule has 1 saturated heterocycles. The van der Waals surface area contributed by atoms with E-state index in [1.807, 2.05) is 0 Å². The van der Waals surface area contributed by atoms with Crippen LogP contribution in [-0.4, -0.2) is 18.6 Å². The van der Waals surface area contributed by atoms with E-state index in [4.69, 9.17) is 0 Å². The zero-order valence-corrected chi connectivity index (χ0v) is 5.64. The maximum absolute atomic E-state index is 12.9. The Morgan fingerprint density at radius 1 is 1.50 bits per heavy atom. The summed E-state index contributed by atoms with van der Waals surface area (Å²) in [6.45, 7) is 0.560. The molecule has 1 aliphatic heterocycles. The smallest absolute Gasteiger partial charge is 0.254 e. The fourth-order valence-corrected chi connectivity index (χ4v) is 1.54. The minimum Gasteiger partial charge on any atom is -0.353 e. The normalized spacial score (nSPS) is 39.9. The maximum atomic E-state index is 12.9. The van der Waals surface area contributed by atoms with E-state index in [1.54, 1.807) is 0 Å². The minimum absolute atomic E-state index is 0.00694. The average Bonchev–Trinajstić information content (AvgIpc) is 2.67. The summed E-state index contributed by atoms with van der Waals surface area (Å²) in [6, 6.07) is 0. The van der Waals surface area contributed by atoms with Gasteiger partial charge in [0, 0.05) is 12.5 Å². The quantitative estimate of drug-likeness (QED) is 0.568. The highest BCUT2D eigenvalue weighted by Crippen LogP contribution is 2.40. The average molecular weight is 143 g/mol. The molecule has 1 N–H and O–H groups in total. The van der Waals surface area contributed by atoms with Crippen LogP contribution in [0.2, 0.25) is 0 Å². The van der Waals surface area contributed by atoms with Gasteiger partial charge in [0.15, 0.2) is 6.17 Å². The molecule has 0 spiro atoms. The summed E-state index contributed by atoms with van der Waals surface area (Å²) in [7, 11) is 0. The third-order valence-electron chi connectivity index (χ3n) is 2.37. The number of hydrogen-bond donors (Lipinski definition) is 1. The summed E-state index contributed by atoms with van der Waals surface area (Å²) in [5.74, 6) is 0.0818. The van der Waals surface area contributed by atoms with Crippen LogP contribution in [0.25, 0.3) is 0 Å². The first-order valence-electron chi connectivity index (χ1n) is 3.71. The predicted molar refractivity (Wildman–Crippen MR) is 34.1 cm³/mol. The molecule has 10 heavy (non-hydrogen) atoms. The van der Waals surface area contributed by atoms with Crippen LogP contribution < -0.4 is 5.32 Å². The third-order valence-corrected chi connectivity index (χ3v) is 2.37. The van der Waals surface area contributed by atoms with Crippen LogP contribution in [0.4, 0.5) is 4.39 Å². The van der Waals surface area contributed by atoms with Crippen molar-refractivity contribution in [3.05, 3.63) is 0 Å². The van der Waals surface area contributed by atoms with Crippen LogP contribution in [-0.2, 0) is 4.79 Å². The van der Waals surface area contributed by atoms with Crippen molar-refractivity contribution in [1.82, 2.24) is 5.32 Å². The number of rotatable bonds is 1. The maximum Gasteiger partial charge on any atom is 0.254 e. The Labute approximate surface area is 58.8 Å². The fourth-order valence-electron chi connectivity index (χ4n) is 1.54. The van der Waals surface area contributed by atoms with Crippen molar-refractivity contribution in [2.45, 2.75) is 19.0 Å². The SMILES string of the molecule is O=C1NCC(C2CC2)C1F. The van der Waals surface area contributed by atoms with Gasteiger partial charge in [-0.2, -0.15) is 0 Å². The van der Waals surface area contributed by atoms with Gasteiger partial charge in [0.25, 0.3) is 5.91 Å². The Morgan fingerprint density at radius 2 is 2.20 bits per heavy atom. The van der Waals surface area contributed by atoms with Gasteiger partial charge < -0.3 is 5.32 Å². The summed E-state index contributed by atoms with van der Waals surface area (Å²) in [4.78, 5) is 10.6. The number of nitrogens with one attached hydrogen (secondary N) is 1. The van der Waals surface area contributed by atoms with Crippen LogP contribution in [0.3, 0.4) is 0 Å². The predicted octanol–water partition coefficient (Wildman–Crippen LogP) is 0.480. The van der Waals surface area contributed by atoms with E-state index < -0.39 is 12.1 Å². The van der Waals surface area contributed by atoms with E-state index >= 15 is 0 Å². The summed E-state index contributed by atoms with van der Waals surface area (Å²) in [5.41, 5.74) is 0. The van der Waals surface area contributed by atoms with Crippen molar-refractivity contribution >= 4 is 5.91 Å². The Bertz CT molecular complexity index is 167. The summed E-state index contributed by atoms with van der Waals surface area (Å²) in [6.07, 6.45) is 1.01. The van der Waals surface area contributed by atoms with Gasteiger partial charge in [-0.3, -0.25) is 4.79 Å². The number of halogens is 1. The second-order valence-electron chi connectivity index (χ2n) is 3.15. The van der Waals surface area contributed by atoms with Gasteiger partial charge in [0.1, 0.15) is 0 Å². The number of carbonyl (C=O) groups excluding carboxylic acids is 1. The van der Waals surface area contributed by atoms with Gasteiger partial charge in [-0.25, -0.2) is 4.39 Å². The van der Waals surface area contributed by atoms with E-state index in [2.05, 4.69) is 5.32 Å². The molecule has 3 heteroatoms. The van der Waals surface area contributed by atoms with Crippen molar-refractivity contribution in [1.29, 1.82) is 0 Å². The fraction of sp³-hybridized carbons (Fsp3) is 0.857. The molecule has 56 valence electrons. The molecule has 1 amide bonds. The molecule has 0 aromatic rings. The lowest BCUT2D eigenvalue weighted by molar-refractivity contribution is -0.123. The Hall–Kier alpha value is -0.600. The lowest BCUT2D eigenvalue weighted by Gasteiger charge is -2.05. The lowest BCUT2D eigenvalue weighted by atomic mass is 10.0. The molecule has 2 rings (SSSR count). The van der Waals surface area contributed by atoms with Crippen molar-refractivity contribution in [2.24, 2.45) is 11.8 Å². The van der Waals surface area contributed by atoms with Crippen molar-refractivity contribution in [3.63, 3.8) is 0 Å². The molecule has 2 unspecified atom stereocenters. The second kappa shape index (κ2) is 1.94. The third kappa shape index (κ3) is 0.805. The van der Waals surface area contributed by atoms with Crippen LogP contribution >= 0.6 is 0 Å². The standard InChI is InChI=1S/C7H10FNO/c8-6-5(4-1-2-4)3-9-7(6)10/h4-6H,1-3H2,(H,9,10). The highest BCUT2D eigenvalue weighted by Gasteiger charge is 2.43. The molecule has 1 heterocycles. The largest absolute Gasteiger partial charge is 0.353 e. The molecule has 0 bridgehead atoms. The molecule has 0 aromatic heterocycles. The van der Waals surface area contributed by atoms with E-state index in [0.717, 1.165) is 12.8 Å². The molecule has 2 nitrogen and oxygen atoms in total. The number of carbonyl (C=O) groups is 1. The van der Waals surface area contributed by atoms with Crippen LogP contribution in [0.15, 0.2) is 0 Å². The van der Waals surface area contributed by atoms with E-state index in [9.17, 15) is 9.18 Å². The van der Waals surface area contributed by atoms with Crippen LogP contribution in [0.1, 0.15) is 12.8 Å². The van der Waals surface area contributed by atoms with Gasteiger partial charge >= 0.3 is 0 Å². The van der Waals surface area contributed by atoms with Gasteiger partial charge in [-0.05, 0) is 18.8 Å². The monoisotopic (exact) mass is 143 g/mol. The molecule has 0 radical (unpaired) electrons. The Balaban J connectivity index is 2.03. The van der Waals surface area contributed by atoms with E-state index in [1.165, 1.54) is 0 Å². The Kier molecular flexibility index (Phi) is 1.19. The summed E-state index contributed by atoms with van der Waals surface area (Å²) in [5, 5.41) is 2.53. The molecule has 1 saturated carbocycles. The molecule has 0 aromatic carbocycles. The molecule has 2 fully saturated rings. The molecule has 2 atom stereocenters. The number of amides is 1. The number of hydrogen-bond acceptors (Lipinski definition) is 1. The number of alkyl halides is 1. The van der Waals surface area contributed by atoms with Crippen LogP contribution in [0, 0.1) is 11.8 Å². The first kappa shape index (κ1) is 6.13. The zero-order chi connectivity index (χ0) is 7.14. The van der Waals surface area contributed by atoms with Crippen molar-refractivity contribution < 1.29 is 9.18 Å². The van der Waals surface area contributed by atoms with E-state index in [-0.39, 0.29) is 5.92 Å². The van der Waals surface area contributed by atoms with Crippen LogP contribution in [0.5, 0.6) is 0 Å². The highest BCUT2D eigenvalue weighted by atomic mass is 19.1. The first-order valence-corrected chi connectivity index (χ1v) is 3.71. The highest BCUT2D eigenvalue weighted by molar-refractivity contribution is 5.83. The van der Waals surface area contributed by atoms with Gasteiger partial charge in [0.2, 0.25) is 0 Å². The molecule has 2 aliphatic rings. The molecular weight excluding hydrogens is 133 g/mol. The van der Waals surface area contributed by atoms with Gasteiger partial charge in [-0.1, -0.05) is 0 Å². The van der Waals surface area contributed by atoms with E-state index in [0.29, 0.717) is 12.5 Å². The Morgan fingerprint density at radius 3 is 2.60 bits per heavy atom. The lowest BCUT2D eigenvalue weighted by Crippen LogP contribution is -2.20. The molecular formula is C7H10FNO. The summed E-state index contributed by atoms with van der Waals surface area (Å²) >= 11 is 0. The zero-order valence-electron chi connectivity index (χ0n) is 5.64. The van der Waals surface area contributed by atoms with Crippen molar-refractivity contribution in [3.8, 4) is 0 Å². The summed E-state index contributed by atoms with van der Waals surface area (Å²) < 4.78 is 12.9. The second-order valence-corrected chi connectivity index (χ2v) is 3.15.